The van der Waals surface area contributed by atoms with Crippen LogP contribution in [0.25, 0.3) is 0 Å². The molecular formula is C33H62O3. The van der Waals surface area contributed by atoms with Gasteiger partial charge >= 0.3 is 0 Å². The van der Waals surface area contributed by atoms with Gasteiger partial charge in [0.2, 0.25) is 0 Å². The van der Waals surface area contributed by atoms with Crippen molar-refractivity contribution >= 4 is 0 Å². The molecule has 212 valence electrons. The van der Waals surface area contributed by atoms with Crippen molar-refractivity contribution in [3.05, 3.63) is 12.2 Å². The van der Waals surface area contributed by atoms with E-state index >= 15 is 0 Å². The number of hydrogen-bond donors (Lipinski definition) is 3. The number of aliphatic hydroxyl groups excluding tert-OH is 2. The standard InChI is InChI=1S/C27H46O3.2C3H8/c1-17(2)7-6-12-27(5,30)24-9-8-20-19-16-23(29)22-15-18(28)10-13-25(22,3)21(19)11-14-26(20,24)4;2*1-3-2/h18-24,28-30H,1,6-16H2,2-5H3;2*3H2,1-2H3/t18?,19?,20?,21-,22?,23-,24?,25?,26?,27-;;/m0../s1. The Morgan fingerprint density at radius 2 is 1.42 bits per heavy atom. The first-order valence-corrected chi connectivity index (χ1v) is 15.5. The molecule has 7 unspecified atom stereocenters. The van der Waals surface area contributed by atoms with Gasteiger partial charge in [0.1, 0.15) is 0 Å². The van der Waals surface area contributed by atoms with Gasteiger partial charge in [-0.3, -0.25) is 0 Å². The summed E-state index contributed by atoms with van der Waals surface area (Å²) in [6, 6.07) is 0. The van der Waals surface area contributed by atoms with Gasteiger partial charge in [-0.25, -0.2) is 0 Å². The molecule has 0 aromatic rings. The Morgan fingerprint density at radius 3 is 2.00 bits per heavy atom. The summed E-state index contributed by atoms with van der Waals surface area (Å²) in [5.41, 5.74) is 0.953. The first-order chi connectivity index (χ1) is 16.8. The third kappa shape index (κ3) is 6.60. The van der Waals surface area contributed by atoms with Crippen LogP contribution in [0.15, 0.2) is 12.2 Å². The van der Waals surface area contributed by atoms with Gasteiger partial charge in [-0.05, 0) is 125 Å². The number of rotatable bonds is 5. The molecular weight excluding hydrogens is 444 g/mol. The maximum absolute atomic E-state index is 11.5. The van der Waals surface area contributed by atoms with E-state index in [1.54, 1.807) is 0 Å². The normalized spacial score (nSPS) is 42.8. The fraction of sp³-hybridized carbons (Fsp3) is 0.939. The molecule has 10 atom stereocenters. The maximum Gasteiger partial charge on any atom is 0.0653 e. The predicted octanol–water partition coefficient (Wildman–Crippen LogP) is 8.31. The molecule has 4 saturated carbocycles. The fourth-order valence-corrected chi connectivity index (χ4v) is 9.22. The van der Waals surface area contributed by atoms with Crippen LogP contribution in [0.3, 0.4) is 0 Å². The van der Waals surface area contributed by atoms with Crippen molar-refractivity contribution in [1.29, 1.82) is 0 Å². The van der Waals surface area contributed by atoms with Gasteiger partial charge in [0.15, 0.2) is 0 Å². The lowest BCUT2D eigenvalue weighted by atomic mass is 9.43. The third-order valence-electron chi connectivity index (χ3n) is 10.7. The Kier molecular flexibility index (Phi) is 11.6. The second kappa shape index (κ2) is 13.1. The summed E-state index contributed by atoms with van der Waals surface area (Å²) in [6.45, 7) is 21.6. The van der Waals surface area contributed by atoms with Crippen molar-refractivity contribution < 1.29 is 15.3 Å². The molecule has 3 nitrogen and oxygen atoms in total. The third-order valence-corrected chi connectivity index (χ3v) is 10.7. The highest BCUT2D eigenvalue weighted by Crippen LogP contribution is 2.68. The van der Waals surface area contributed by atoms with Gasteiger partial charge in [-0.2, -0.15) is 0 Å². The molecule has 4 fully saturated rings. The molecule has 4 aliphatic rings. The van der Waals surface area contributed by atoms with E-state index in [1.165, 1.54) is 37.7 Å². The van der Waals surface area contributed by atoms with Crippen LogP contribution in [-0.2, 0) is 0 Å². The number of hydrogen-bond acceptors (Lipinski definition) is 3. The van der Waals surface area contributed by atoms with Crippen molar-refractivity contribution in [2.75, 3.05) is 0 Å². The van der Waals surface area contributed by atoms with Gasteiger partial charge in [0.25, 0.3) is 0 Å². The van der Waals surface area contributed by atoms with Gasteiger partial charge in [-0.1, -0.05) is 60.0 Å². The molecule has 0 spiro atoms. The highest BCUT2D eigenvalue weighted by molar-refractivity contribution is 5.13. The molecule has 3 heteroatoms. The zero-order valence-electron chi connectivity index (χ0n) is 25.3. The zero-order valence-corrected chi connectivity index (χ0v) is 25.3. The highest BCUT2D eigenvalue weighted by atomic mass is 16.3. The lowest BCUT2D eigenvalue weighted by Crippen LogP contribution is -2.59. The van der Waals surface area contributed by atoms with E-state index in [0.29, 0.717) is 23.7 Å². The van der Waals surface area contributed by atoms with Crippen LogP contribution in [0.4, 0.5) is 0 Å². The summed E-state index contributed by atoms with van der Waals surface area (Å²) in [7, 11) is 0. The van der Waals surface area contributed by atoms with E-state index in [4.69, 9.17) is 0 Å². The van der Waals surface area contributed by atoms with E-state index < -0.39 is 5.60 Å². The monoisotopic (exact) mass is 506 g/mol. The minimum Gasteiger partial charge on any atom is -0.393 e. The van der Waals surface area contributed by atoms with E-state index in [-0.39, 0.29) is 29.0 Å². The van der Waals surface area contributed by atoms with Crippen LogP contribution in [0.5, 0.6) is 0 Å². The summed E-state index contributed by atoms with van der Waals surface area (Å²) >= 11 is 0. The van der Waals surface area contributed by atoms with Crippen LogP contribution in [0, 0.1) is 40.4 Å². The molecule has 0 aliphatic heterocycles. The Labute approximate surface area is 224 Å². The van der Waals surface area contributed by atoms with Crippen molar-refractivity contribution in [3.63, 3.8) is 0 Å². The van der Waals surface area contributed by atoms with E-state index in [0.717, 1.165) is 51.4 Å². The molecule has 0 aromatic heterocycles. The second-order valence-electron chi connectivity index (χ2n) is 14.0. The maximum atomic E-state index is 11.5. The molecule has 0 radical (unpaired) electrons. The summed E-state index contributed by atoms with van der Waals surface area (Å²) in [5.74, 6) is 2.48. The van der Waals surface area contributed by atoms with Gasteiger partial charge in [0, 0.05) is 0 Å². The van der Waals surface area contributed by atoms with Crippen LogP contribution < -0.4 is 0 Å². The Morgan fingerprint density at radius 1 is 0.861 bits per heavy atom. The Hall–Kier alpha value is -0.380. The van der Waals surface area contributed by atoms with Crippen LogP contribution in [0.1, 0.15) is 139 Å². The predicted molar refractivity (Wildman–Crippen MR) is 154 cm³/mol. The quantitative estimate of drug-likeness (QED) is 0.329. The Balaban J connectivity index is 0.000000693. The van der Waals surface area contributed by atoms with E-state index in [9.17, 15) is 15.3 Å². The molecule has 0 amide bonds. The molecule has 0 aromatic carbocycles. The lowest BCUT2D eigenvalue weighted by molar-refractivity contribution is -0.179. The molecule has 3 N–H and O–H groups in total. The number of allylic oxidation sites excluding steroid dienone is 1. The van der Waals surface area contributed by atoms with Gasteiger partial charge in [-0.15, -0.1) is 6.58 Å². The average Bonchev–Trinajstić information content (AvgIpc) is 3.14. The minimum atomic E-state index is -0.611. The molecule has 4 aliphatic carbocycles. The summed E-state index contributed by atoms with van der Waals surface area (Å²) in [4.78, 5) is 0. The van der Waals surface area contributed by atoms with Crippen LogP contribution in [0.2, 0.25) is 0 Å². The lowest BCUT2D eigenvalue weighted by Gasteiger charge is -2.62. The van der Waals surface area contributed by atoms with Crippen molar-refractivity contribution in [2.45, 2.75) is 157 Å². The van der Waals surface area contributed by atoms with Gasteiger partial charge < -0.3 is 15.3 Å². The molecule has 4 rings (SSSR count). The largest absolute Gasteiger partial charge is 0.393 e. The van der Waals surface area contributed by atoms with Crippen LogP contribution >= 0.6 is 0 Å². The SMILES string of the molecule is C=C(C)CCC[C@](C)(O)C1CCC2C3C[C@H](O)C4CC(O)CCC4(C)[C@H]3CCC21C.CCC.CCC. The first-order valence-electron chi connectivity index (χ1n) is 15.5. The number of aliphatic hydroxyl groups is 3. The summed E-state index contributed by atoms with van der Waals surface area (Å²) < 4.78 is 0. The van der Waals surface area contributed by atoms with Crippen molar-refractivity contribution in [1.82, 2.24) is 0 Å². The molecule has 36 heavy (non-hydrogen) atoms. The molecule has 0 bridgehead atoms. The van der Waals surface area contributed by atoms with Crippen LogP contribution in [-0.4, -0.2) is 33.1 Å². The topological polar surface area (TPSA) is 60.7 Å². The number of fused-ring (bicyclic) bond motifs is 5. The Bertz CT molecular complexity index is 684. The summed E-state index contributed by atoms with van der Waals surface area (Å²) in [5, 5.41) is 32.9. The molecule has 0 heterocycles. The second-order valence-corrected chi connectivity index (χ2v) is 14.0. The van der Waals surface area contributed by atoms with Crippen molar-refractivity contribution in [2.24, 2.45) is 40.4 Å². The average molecular weight is 507 g/mol. The summed E-state index contributed by atoms with van der Waals surface area (Å²) in [6.07, 6.45) is 13.3. The first kappa shape index (κ1) is 31.8. The van der Waals surface area contributed by atoms with Gasteiger partial charge in [0.05, 0.1) is 17.8 Å². The zero-order chi connectivity index (χ0) is 27.3. The highest BCUT2D eigenvalue weighted by Gasteiger charge is 2.63. The fourth-order valence-electron chi connectivity index (χ4n) is 9.22. The minimum absolute atomic E-state index is 0.172. The smallest absolute Gasteiger partial charge is 0.0653 e. The van der Waals surface area contributed by atoms with E-state index in [2.05, 4.69) is 62.0 Å². The molecule has 0 saturated heterocycles. The van der Waals surface area contributed by atoms with Crippen molar-refractivity contribution in [3.8, 4) is 0 Å². The van der Waals surface area contributed by atoms with E-state index in [1.807, 2.05) is 0 Å².